The zero-order valence-electron chi connectivity index (χ0n) is 11.2. The summed E-state index contributed by atoms with van der Waals surface area (Å²) in [5.74, 6) is -1.26. The Morgan fingerprint density at radius 3 is 2.84 bits per heavy atom. The normalized spacial score (nSPS) is 18.8. The standard InChI is InChI=1S/C12H18N4O3/c1-12(2,11(18)19)16(3)10(17)8-4-7-9(5-13-8)15-6-14-7/h6,8,13H,4-5H2,1-3H3,(H,14,15)(H,18,19). The molecule has 0 aliphatic carbocycles. The average Bonchev–Trinajstić information content (AvgIpc) is 2.83. The number of hydrogen-bond donors (Lipinski definition) is 3. The lowest BCUT2D eigenvalue weighted by atomic mass is 9.99. The molecule has 0 radical (unpaired) electrons. The Hall–Kier alpha value is -1.89. The number of aromatic nitrogens is 2. The van der Waals surface area contributed by atoms with Gasteiger partial charge in [-0.15, -0.1) is 0 Å². The van der Waals surface area contributed by atoms with Crippen LogP contribution in [0.1, 0.15) is 25.2 Å². The van der Waals surface area contributed by atoms with Gasteiger partial charge in [-0.3, -0.25) is 10.1 Å². The highest BCUT2D eigenvalue weighted by atomic mass is 16.4. The number of nitrogens with zero attached hydrogens (tertiary/aromatic N) is 2. The minimum absolute atomic E-state index is 0.235. The number of carboxylic acid groups (broad SMARTS) is 1. The molecular weight excluding hydrogens is 248 g/mol. The third-order valence-corrected chi connectivity index (χ3v) is 3.72. The van der Waals surface area contributed by atoms with Crippen molar-refractivity contribution in [2.75, 3.05) is 7.05 Å². The first-order valence-corrected chi connectivity index (χ1v) is 6.09. The van der Waals surface area contributed by atoms with Crippen LogP contribution in [0.15, 0.2) is 6.33 Å². The highest BCUT2D eigenvalue weighted by molar-refractivity contribution is 5.89. The fourth-order valence-corrected chi connectivity index (χ4v) is 2.00. The quantitative estimate of drug-likeness (QED) is 0.700. The number of fused-ring (bicyclic) bond motifs is 1. The number of aromatic amines is 1. The highest BCUT2D eigenvalue weighted by Gasteiger charge is 2.38. The second-order valence-corrected chi connectivity index (χ2v) is 5.23. The van der Waals surface area contributed by atoms with Gasteiger partial charge in [-0.05, 0) is 13.8 Å². The number of imidazole rings is 1. The van der Waals surface area contributed by atoms with Crippen LogP contribution < -0.4 is 5.32 Å². The largest absolute Gasteiger partial charge is 0.480 e. The summed E-state index contributed by atoms with van der Waals surface area (Å²) >= 11 is 0. The zero-order valence-corrected chi connectivity index (χ0v) is 11.2. The second-order valence-electron chi connectivity index (χ2n) is 5.23. The summed E-state index contributed by atoms with van der Waals surface area (Å²) < 4.78 is 0. The van der Waals surface area contributed by atoms with Crippen LogP contribution in [-0.4, -0.2) is 50.5 Å². The van der Waals surface area contributed by atoms with Crippen LogP contribution in [0.2, 0.25) is 0 Å². The van der Waals surface area contributed by atoms with Gasteiger partial charge in [-0.25, -0.2) is 9.78 Å². The molecule has 7 nitrogen and oxygen atoms in total. The molecule has 1 atom stereocenters. The molecule has 2 heterocycles. The summed E-state index contributed by atoms with van der Waals surface area (Å²) in [7, 11) is 1.51. The van der Waals surface area contributed by atoms with E-state index in [0.29, 0.717) is 13.0 Å². The minimum Gasteiger partial charge on any atom is -0.480 e. The summed E-state index contributed by atoms with van der Waals surface area (Å²) in [6.07, 6.45) is 2.07. The molecule has 0 saturated carbocycles. The van der Waals surface area contributed by atoms with Crippen molar-refractivity contribution in [2.24, 2.45) is 0 Å². The topological polar surface area (TPSA) is 98.3 Å². The SMILES string of the molecule is CN(C(=O)C1Cc2nc[nH]c2CN1)C(C)(C)C(=O)O. The van der Waals surface area contributed by atoms with Crippen LogP contribution in [0.3, 0.4) is 0 Å². The van der Waals surface area contributed by atoms with Crippen molar-refractivity contribution < 1.29 is 14.7 Å². The molecular formula is C12H18N4O3. The Labute approximate surface area is 111 Å². The van der Waals surface area contributed by atoms with Crippen molar-refractivity contribution in [3.63, 3.8) is 0 Å². The molecule has 1 aromatic rings. The van der Waals surface area contributed by atoms with Crippen LogP contribution in [0.5, 0.6) is 0 Å². The Kier molecular flexibility index (Phi) is 3.32. The summed E-state index contributed by atoms with van der Waals surface area (Å²) in [4.78, 5) is 32.0. The maximum absolute atomic E-state index is 12.3. The molecule has 1 aliphatic heterocycles. The lowest BCUT2D eigenvalue weighted by Gasteiger charge is -2.35. The fraction of sp³-hybridized carbons (Fsp3) is 0.583. The Morgan fingerprint density at radius 1 is 1.53 bits per heavy atom. The van der Waals surface area contributed by atoms with Crippen molar-refractivity contribution in [3.8, 4) is 0 Å². The van der Waals surface area contributed by atoms with E-state index in [2.05, 4.69) is 15.3 Å². The van der Waals surface area contributed by atoms with Crippen LogP contribution in [0, 0.1) is 0 Å². The van der Waals surface area contributed by atoms with E-state index in [1.54, 1.807) is 6.33 Å². The molecule has 1 amide bonds. The number of hydrogen-bond acceptors (Lipinski definition) is 4. The average molecular weight is 266 g/mol. The van der Waals surface area contributed by atoms with Crippen molar-refractivity contribution in [2.45, 2.75) is 38.4 Å². The van der Waals surface area contributed by atoms with Crippen molar-refractivity contribution in [1.29, 1.82) is 0 Å². The first-order valence-electron chi connectivity index (χ1n) is 6.09. The van der Waals surface area contributed by atoms with Gasteiger partial charge in [0.25, 0.3) is 0 Å². The predicted molar refractivity (Wildman–Crippen MR) is 67.4 cm³/mol. The Balaban J connectivity index is 2.12. The van der Waals surface area contributed by atoms with Gasteiger partial charge < -0.3 is 15.0 Å². The number of H-pyrrole nitrogens is 1. The smallest absolute Gasteiger partial charge is 0.329 e. The molecule has 1 aliphatic rings. The summed E-state index contributed by atoms with van der Waals surface area (Å²) in [6.45, 7) is 3.55. The van der Waals surface area contributed by atoms with Gasteiger partial charge in [0.2, 0.25) is 5.91 Å². The van der Waals surface area contributed by atoms with Crippen LogP contribution in [0.25, 0.3) is 0 Å². The maximum Gasteiger partial charge on any atom is 0.329 e. The molecule has 104 valence electrons. The van der Waals surface area contributed by atoms with E-state index < -0.39 is 17.6 Å². The van der Waals surface area contributed by atoms with Crippen LogP contribution in [0.4, 0.5) is 0 Å². The summed E-state index contributed by atoms with van der Waals surface area (Å²) in [5.41, 5.74) is 0.604. The minimum atomic E-state index is -1.23. The molecule has 0 spiro atoms. The van der Waals surface area contributed by atoms with E-state index in [1.165, 1.54) is 25.8 Å². The van der Waals surface area contributed by atoms with E-state index in [-0.39, 0.29) is 5.91 Å². The fourth-order valence-electron chi connectivity index (χ4n) is 2.00. The molecule has 0 aromatic carbocycles. The van der Waals surface area contributed by atoms with Crippen molar-refractivity contribution >= 4 is 11.9 Å². The van der Waals surface area contributed by atoms with Crippen molar-refractivity contribution in [1.82, 2.24) is 20.2 Å². The van der Waals surface area contributed by atoms with Gasteiger partial charge in [-0.2, -0.15) is 0 Å². The molecule has 3 N–H and O–H groups in total. The summed E-state index contributed by atoms with van der Waals surface area (Å²) in [5, 5.41) is 12.2. The number of nitrogens with one attached hydrogen (secondary N) is 2. The first kappa shape index (κ1) is 13.5. The van der Waals surface area contributed by atoms with Crippen LogP contribution >= 0.6 is 0 Å². The van der Waals surface area contributed by atoms with E-state index in [0.717, 1.165) is 11.4 Å². The molecule has 0 bridgehead atoms. The first-order chi connectivity index (χ1) is 8.84. The number of carbonyl (C=O) groups excluding carboxylic acids is 1. The van der Waals surface area contributed by atoms with Crippen LogP contribution in [-0.2, 0) is 22.6 Å². The van der Waals surface area contributed by atoms with Gasteiger partial charge in [0, 0.05) is 20.0 Å². The third-order valence-electron chi connectivity index (χ3n) is 3.72. The molecule has 7 heteroatoms. The van der Waals surface area contributed by atoms with E-state index in [9.17, 15) is 9.59 Å². The van der Waals surface area contributed by atoms with Crippen molar-refractivity contribution in [3.05, 3.63) is 17.7 Å². The molecule has 0 fully saturated rings. The van der Waals surface area contributed by atoms with E-state index in [1.807, 2.05) is 0 Å². The Bertz CT molecular complexity index is 509. The number of likely N-dealkylation sites (N-methyl/N-ethyl adjacent to an activating group) is 1. The van der Waals surface area contributed by atoms with Gasteiger partial charge in [0.1, 0.15) is 5.54 Å². The third kappa shape index (κ3) is 2.33. The monoisotopic (exact) mass is 266 g/mol. The zero-order chi connectivity index (χ0) is 14.2. The van der Waals surface area contributed by atoms with Gasteiger partial charge in [-0.1, -0.05) is 0 Å². The number of rotatable bonds is 3. The van der Waals surface area contributed by atoms with E-state index >= 15 is 0 Å². The van der Waals surface area contributed by atoms with Gasteiger partial charge in [0.15, 0.2) is 0 Å². The lowest BCUT2D eigenvalue weighted by molar-refractivity contribution is -0.156. The molecule has 0 saturated heterocycles. The molecule has 2 rings (SSSR count). The second kappa shape index (κ2) is 4.65. The molecule has 1 unspecified atom stereocenters. The number of aliphatic carboxylic acids is 1. The number of amides is 1. The number of carboxylic acids is 1. The van der Waals surface area contributed by atoms with Gasteiger partial charge in [0.05, 0.1) is 23.8 Å². The predicted octanol–water partition coefficient (Wildman–Crippen LogP) is -0.254. The maximum atomic E-state index is 12.3. The van der Waals surface area contributed by atoms with Gasteiger partial charge >= 0.3 is 5.97 Å². The number of carbonyl (C=O) groups is 2. The highest BCUT2D eigenvalue weighted by Crippen LogP contribution is 2.18. The van der Waals surface area contributed by atoms with E-state index in [4.69, 9.17) is 5.11 Å². The summed E-state index contributed by atoms with van der Waals surface area (Å²) in [6, 6.07) is -0.431. The Morgan fingerprint density at radius 2 is 2.21 bits per heavy atom. The molecule has 1 aromatic heterocycles. The molecule has 19 heavy (non-hydrogen) atoms. The lowest BCUT2D eigenvalue weighted by Crippen LogP contribution is -2.57.